The van der Waals surface area contributed by atoms with E-state index in [0.29, 0.717) is 12.5 Å². The molecule has 1 atom stereocenters. The third-order valence-corrected chi connectivity index (χ3v) is 3.78. The molecule has 1 unspecified atom stereocenters. The monoisotopic (exact) mass is 482 g/mol. The van der Waals surface area contributed by atoms with E-state index in [9.17, 15) is 9.90 Å². The number of benzene rings is 2. The van der Waals surface area contributed by atoms with Gasteiger partial charge in [0.15, 0.2) is 5.96 Å². The number of para-hydroxylation sites is 1. The summed E-state index contributed by atoms with van der Waals surface area (Å²) in [5.41, 5.74) is 0.492. The predicted molar refractivity (Wildman–Crippen MR) is 120 cm³/mol. The average molecular weight is 482 g/mol. The van der Waals surface area contributed by atoms with E-state index in [-0.39, 0.29) is 43.0 Å². The van der Waals surface area contributed by atoms with Crippen LogP contribution in [0, 0.1) is 0 Å². The smallest absolute Gasteiger partial charge is 0.246 e. The predicted octanol–water partition coefficient (Wildman–Crippen LogP) is 2.71. The molecule has 27 heavy (non-hydrogen) atoms. The Morgan fingerprint density at radius 3 is 2.22 bits per heavy atom. The molecule has 146 valence electrons. The van der Waals surface area contributed by atoms with Crippen LogP contribution in [0.2, 0.25) is 0 Å². The maximum Gasteiger partial charge on any atom is 0.246 e. The molecule has 0 bridgehead atoms. The van der Waals surface area contributed by atoms with Crippen LogP contribution in [-0.2, 0) is 10.4 Å². The number of carbonyl (C=O) groups is 1. The van der Waals surface area contributed by atoms with Gasteiger partial charge in [-0.05, 0) is 31.5 Å². The summed E-state index contributed by atoms with van der Waals surface area (Å²) in [7, 11) is 0. The minimum absolute atomic E-state index is 0. The Balaban J connectivity index is 0.00000364. The highest BCUT2D eigenvalue weighted by Crippen LogP contribution is 2.18. The Bertz CT molecular complexity index is 721. The van der Waals surface area contributed by atoms with Gasteiger partial charge in [0, 0.05) is 12.2 Å². The van der Waals surface area contributed by atoms with Crippen LogP contribution in [0.4, 0.5) is 5.69 Å². The lowest BCUT2D eigenvalue weighted by Crippen LogP contribution is -2.44. The Kier molecular flexibility index (Phi) is 9.81. The Morgan fingerprint density at radius 1 is 1.04 bits per heavy atom. The molecule has 6 nitrogen and oxygen atoms in total. The van der Waals surface area contributed by atoms with E-state index in [1.165, 1.54) is 0 Å². The third-order valence-electron chi connectivity index (χ3n) is 3.78. The molecule has 0 aromatic heterocycles. The number of guanidine groups is 1. The summed E-state index contributed by atoms with van der Waals surface area (Å²) >= 11 is 0. The van der Waals surface area contributed by atoms with Gasteiger partial charge in [-0.25, -0.2) is 4.99 Å². The van der Waals surface area contributed by atoms with Crippen molar-refractivity contribution in [3.05, 3.63) is 66.2 Å². The molecule has 0 radical (unpaired) electrons. The van der Waals surface area contributed by atoms with E-state index in [2.05, 4.69) is 20.9 Å². The van der Waals surface area contributed by atoms with Crippen molar-refractivity contribution in [2.75, 3.05) is 25.0 Å². The second-order valence-electron chi connectivity index (χ2n) is 6.10. The van der Waals surface area contributed by atoms with E-state index in [1.54, 1.807) is 6.92 Å². The number of aliphatic hydroxyl groups is 1. The van der Waals surface area contributed by atoms with Gasteiger partial charge in [-0.1, -0.05) is 48.5 Å². The highest BCUT2D eigenvalue weighted by Gasteiger charge is 2.22. The van der Waals surface area contributed by atoms with Crippen LogP contribution < -0.4 is 16.0 Å². The van der Waals surface area contributed by atoms with E-state index < -0.39 is 5.60 Å². The van der Waals surface area contributed by atoms with Crippen molar-refractivity contribution in [2.45, 2.75) is 19.4 Å². The van der Waals surface area contributed by atoms with Gasteiger partial charge < -0.3 is 21.1 Å². The molecule has 2 aromatic rings. The minimum atomic E-state index is -1.05. The number of aliphatic imine (C=N–C) groups is 1. The number of anilines is 1. The van der Waals surface area contributed by atoms with Crippen LogP contribution in [0.1, 0.15) is 19.4 Å². The molecular weight excluding hydrogens is 455 g/mol. The summed E-state index contributed by atoms with van der Waals surface area (Å²) in [4.78, 5) is 16.3. The van der Waals surface area contributed by atoms with Gasteiger partial charge in [0.05, 0.1) is 6.54 Å². The Morgan fingerprint density at radius 2 is 1.63 bits per heavy atom. The molecule has 0 saturated carbocycles. The summed E-state index contributed by atoms with van der Waals surface area (Å²) in [6, 6.07) is 18.7. The van der Waals surface area contributed by atoms with Gasteiger partial charge in [0.25, 0.3) is 0 Å². The molecule has 0 aliphatic rings. The van der Waals surface area contributed by atoms with Gasteiger partial charge in [0.1, 0.15) is 12.1 Å². The fraction of sp³-hybridized carbons (Fsp3) is 0.300. The molecule has 0 spiro atoms. The van der Waals surface area contributed by atoms with Crippen LogP contribution in [0.3, 0.4) is 0 Å². The zero-order valence-electron chi connectivity index (χ0n) is 15.6. The first-order valence-electron chi connectivity index (χ1n) is 8.66. The quantitative estimate of drug-likeness (QED) is 0.278. The van der Waals surface area contributed by atoms with E-state index in [0.717, 1.165) is 11.3 Å². The Labute approximate surface area is 177 Å². The standard InChI is InChI=1S/C20H26N4O2.HI/c1-3-21-19(22-14-18(25)24-17-12-8-5-9-13-17)23-15-20(2,26)16-10-6-4-7-11-16;/h4-13,26H,3,14-15H2,1-2H3,(H,24,25)(H2,21,22,23);1H. The lowest BCUT2D eigenvalue weighted by atomic mass is 9.96. The zero-order chi connectivity index (χ0) is 18.8. The molecule has 7 heteroatoms. The maximum atomic E-state index is 12.0. The molecule has 0 heterocycles. The van der Waals surface area contributed by atoms with Gasteiger partial charge in [-0.15, -0.1) is 24.0 Å². The SMILES string of the molecule is CCNC(=NCC(=O)Nc1ccccc1)NCC(C)(O)c1ccccc1.I. The van der Waals surface area contributed by atoms with Crippen molar-refractivity contribution in [1.82, 2.24) is 10.6 Å². The highest BCUT2D eigenvalue weighted by molar-refractivity contribution is 14.0. The number of nitrogens with zero attached hydrogens (tertiary/aromatic N) is 1. The molecule has 0 saturated heterocycles. The summed E-state index contributed by atoms with van der Waals surface area (Å²) in [5, 5.41) is 19.6. The molecule has 4 N–H and O–H groups in total. The van der Waals surface area contributed by atoms with E-state index in [1.807, 2.05) is 67.6 Å². The van der Waals surface area contributed by atoms with Gasteiger partial charge in [0.2, 0.25) is 5.91 Å². The second kappa shape index (κ2) is 11.6. The minimum Gasteiger partial charge on any atom is -0.384 e. The number of hydrogen-bond donors (Lipinski definition) is 4. The fourth-order valence-corrected chi connectivity index (χ4v) is 2.37. The zero-order valence-corrected chi connectivity index (χ0v) is 17.9. The van der Waals surface area contributed by atoms with Crippen molar-refractivity contribution in [3.8, 4) is 0 Å². The summed E-state index contributed by atoms with van der Waals surface area (Å²) in [6.07, 6.45) is 0. The first-order valence-corrected chi connectivity index (χ1v) is 8.66. The van der Waals surface area contributed by atoms with Crippen LogP contribution in [0.5, 0.6) is 0 Å². The number of hydrogen-bond acceptors (Lipinski definition) is 3. The summed E-state index contributed by atoms with van der Waals surface area (Å²) in [5.74, 6) is 0.273. The number of carbonyl (C=O) groups excluding carboxylic acids is 1. The van der Waals surface area contributed by atoms with Crippen LogP contribution >= 0.6 is 24.0 Å². The van der Waals surface area contributed by atoms with Gasteiger partial charge in [-0.2, -0.15) is 0 Å². The maximum absolute atomic E-state index is 12.0. The van der Waals surface area contributed by atoms with Crippen molar-refractivity contribution >= 4 is 41.5 Å². The summed E-state index contributed by atoms with van der Waals surface area (Å²) in [6.45, 7) is 4.58. The van der Waals surface area contributed by atoms with E-state index >= 15 is 0 Å². The molecule has 1 amide bonds. The normalized spacial score (nSPS) is 13.1. The third kappa shape index (κ3) is 7.96. The molecule has 2 rings (SSSR count). The molecule has 2 aromatic carbocycles. The number of halogens is 1. The second-order valence-corrected chi connectivity index (χ2v) is 6.10. The van der Waals surface area contributed by atoms with Crippen LogP contribution in [0.15, 0.2) is 65.7 Å². The van der Waals surface area contributed by atoms with E-state index in [4.69, 9.17) is 0 Å². The Hall–Kier alpha value is -2.13. The molecule has 0 aliphatic heterocycles. The lowest BCUT2D eigenvalue weighted by molar-refractivity contribution is -0.114. The average Bonchev–Trinajstić information content (AvgIpc) is 2.65. The molecule has 0 aliphatic carbocycles. The number of nitrogens with one attached hydrogen (secondary N) is 3. The van der Waals surface area contributed by atoms with Gasteiger partial charge in [-0.3, -0.25) is 4.79 Å². The number of amides is 1. The fourth-order valence-electron chi connectivity index (χ4n) is 2.37. The molecule has 0 fully saturated rings. The number of rotatable bonds is 7. The van der Waals surface area contributed by atoms with Crippen LogP contribution in [0.25, 0.3) is 0 Å². The summed E-state index contributed by atoms with van der Waals surface area (Å²) < 4.78 is 0. The van der Waals surface area contributed by atoms with Crippen molar-refractivity contribution in [1.29, 1.82) is 0 Å². The van der Waals surface area contributed by atoms with Crippen molar-refractivity contribution in [3.63, 3.8) is 0 Å². The molecular formula is C20H27IN4O2. The van der Waals surface area contributed by atoms with Crippen molar-refractivity contribution < 1.29 is 9.90 Å². The van der Waals surface area contributed by atoms with Gasteiger partial charge >= 0.3 is 0 Å². The van der Waals surface area contributed by atoms with Crippen molar-refractivity contribution in [2.24, 2.45) is 4.99 Å². The highest BCUT2D eigenvalue weighted by atomic mass is 127. The van der Waals surface area contributed by atoms with Crippen LogP contribution in [-0.4, -0.2) is 36.6 Å². The largest absolute Gasteiger partial charge is 0.384 e. The first kappa shape index (κ1) is 22.9. The lowest BCUT2D eigenvalue weighted by Gasteiger charge is -2.25. The first-order chi connectivity index (χ1) is 12.5. The topological polar surface area (TPSA) is 85.8 Å².